The van der Waals surface area contributed by atoms with Crippen LogP contribution in [0.2, 0.25) is 0 Å². The summed E-state index contributed by atoms with van der Waals surface area (Å²) in [5.74, 6) is 0.0936. The van der Waals surface area contributed by atoms with Crippen molar-refractivity contribution in [2.75, 3.05) is 6.54 Å². The van der Waals surface area contributed by atoms with Gasteiger partial charge in [0.2, 0.25) is 0 Å². The van der Waals surface area contributed by atoms with Gasteiger partial charge in [-0.3, -0.25) is 0 Å². The Morgan fingerprint density at radius 1 is 1.45 bits per heavy atom. The highest BCUT2D eigenvalue weighted by Gasteiger charge is 2.21. The smallest absolute Gasteiger partial charge is 0.170 e. The van der Waals surface area contributed by atoms with Crippen molar-refractivity contribution in [1.29, 1.82) is 0 Å². The summed E-state index contributed by atoms with van der Waals surface area (Å²) in [6, 6.07) is 4.57. The first-order chi connectivity index (χ1) is 9.27. The molecule has 0 aromatic heterocycles. The number of amidine groups is 1. The molecule has 4 N–H and O–H groups in total. The third-order valence-electron chi connectivity index (χ3n) is 3.92. The summed E-state index contributed by atoms with van der Waals surface area (Å²) in [4.78, 5) is 0. The van der Waals surface area contributed by atoms with E-state index in [2.05, 4.69) is 38.2 Å². The summed E-state index contributed by atoms with van der Waals surface area (Å²) in [5, 5.41) is 14.7. The predicted molar refractivity (Wildman–Crippen MR) is 79.2 cm³/mol. The lowest BCUT2D eigenvalue weighted by atomic mass is 9.81. The van der Waals surface area contributed by atoms with Gasteiger partial charge in [0.1, 0.15) is 5.82 Å². The fraction of sp³-hybridized carbons (Fsp3) is 0.533. The van der Waals surface area contributed by atoms with Gasteiger partial charge in [0, 0.05) is 24.2 Å². The summed E-state index contributed by atoms with van der Waals surface area (Å²) >= 11 is 0. The first kappa shape index (κ1) is 16.4. The number of oxime groups is 1. The standard InChI is InChI=1S/C15H24FN3O/c1-10(2)15(3,4)9-18-8-12-6-5-11(7-13(12)16)14(17)19-20/h5-7,10,18,20H,8-9H2,1-4H3,(H2,17,19). The van der Waals surface area contributed by atoms with Crippen LogP contribution in [-0.4, -0.2) is 17.6 Å². The number of nitrogens with two attached hydrogens (primary N) is 1. The fourth-order valence-electron chi connectivity index (χ4n) is 1.63. The van der Waals surface area contributed by atoms with Crippen molar-refractivity contribution in [3.63, 3.8) is 0 Å². The summed E-state index contributed by atoms with van der Waals surface area (Å²) in [6.07, 6.45) is 0. The van der Waals surface area contributed by atoms with Crippen molar-refractivity contribution in [2.24, 2.45) is 22.2 Å². The van der Waals surface area contributed by atoms with Crippen molar-refractivity contribution in [3.8, 4) is 0 Å². The van der Waals surface area contributed by atoms with Gasteiger partial charge in [0.25, 0.3) is 0 Å². The maximum Gasteiger partial charge on any atom is 0.170 e. The first-order valence-corrected chi connectivity index (χ1v) is 6.75. The van der Waals surface area contributed by atoms with Crippen LogP contribution in [0.3, 0.4) is 0 Å². The number of benzene rings is 1. The maximum absolute atomic E-state index is 13.9. The largest absolute Gasteiger partial charge is 0.409 e. The molecule has 0 radical (unpaired) electrons. The Kier molecular flexibility index (Phi) is 5.51. The van der Waals surface area contributed by atoms with Crippen LogP contribution in [0.15, 0.2) is 23.4 Å². The SMILES string of the molecule is CC(C)C(C)(C)CNCc1ccc(/C(N)=N/O)cc1F. The molecule has 0 fully saturated rings. The van der Waals surface area contributed by atoms with Crippen LogP contribution >= 0.6 is 0 Å². The zero-order valence-corrected chi connectivity index (χ0v) is 12.6. The minimum atomic E-state index is -0.357. The monoisotopic (exact) mass is 281 g/mol. The van der Waals surface area contributed by atoms with Crippen molar-refractivity contribution >= 4 is 5.84 Å². The van der Waals surface area contributed by atoms with Crippen LogP contribution in [-0.2, 0) is 6.54 Å². The Bertz CT molecular complexity index is 484. The molecule has 1 aromatic carbocycles. The second kappa shape index (κ2) is 6.70. The van der Waals surface area contributed by atoms with E-state index in [4.69, 9.17) is 10.9 Å². The topological polar surface area (TPSA) is 70.6 Å². The fourth-order valence-corrected chi connectivity index (χ4v) is 1.63. The molecule has 5 heteroatoms. The van der Waals surface area contributed by atoms with Crippen LogP contribution in [0.4, 0.5) is 4.39 Å². The molecule has 0 saturated carbocycles. The van der Waals surface area contributed by atoms with Crippen LogP contribution in [0, 0.1) is 17.2 Å². The Balaban J connectivity index is 2.66. The van der Waals surface area contributed by atoms with Crippen molar-refractivity contribution < 1.29 is 9.60 Å². The third kappa shape index (κ3) is 4.20. The molecule has 0 bridgehead atoms. The molecular weight excluding hydrogens is 257 g/mol. The summed E-state index contributed by atoms with van der Waals surface area (Å²) in [6.45, 7) is 9.98. The Labute approximate surface area is 119 Å². The van der Waals surface area contributed by atoms with Crippen molar-refractivity contribution in [3.05, 3.63) is 35.1 Å². The lowest BCUT2D eigenvalue weighted by molar-refractivity contribution is 0.237. The van der Waals surface area contributed by atoms with E-state index in [1.54, 1.807) is 12.1 Å². The first-order valence-electron chi connectivity index (χ1n) is 6.75. The van der Waals surface area contributed by atoms with Crippen LogP contribution in [0.5, 0.6) is 0 Å². The molecule has 0 aliphatic heterocycles. The molecule has 1 aromatic rings. The lowest BCUT2D eigenvalue weighted by Crippen LogP contribution is -2.33. The number of hydrogen-bond donors (Lipinski definition) is 3. The van der Waals surface area contributed by atoms with E-state index < -0.39 is 0 Å². The lowest BCUT2D eigenvalue weighted by Gasteiger charge is -2.29. The summed E-state index contributed by atoms with van der Waals surface area (Å²) in [7, 11) is 0. The van der Waals surface area contributed by atoms with Gasteiger partial charge in [0.05, 0.1) is 0 Å². The van der Waals surface area contributed by atoms with Crippen LogP contribution < -0.4 is 11.1 Å². The highest BCUT2D eigenvalue weighted by atomic mass is 19.1. The molecule has 0 aliphatic carbocycles. The van der Waals surface area contributed by atoms with E-state index in [-0.39, 0.29) is 17.1 Å². The van der Waals surface area contributed by atoms with Gasteiger partial charge < -0.3 is 16.3 Å². The highest BCUT2D eigenvalue weighted by molar-refractivity contribution is 5.97. The van der Waals surface area contributed by atoms with E-state index in [0.717, 1.165) is 6.54 Å². The third-order valence-corrected chi connectivity index (χ3v) is 3.92. The van der Waals surface area contributed by atoms with E-state index in [1.165, 1.54) is 6.07 Å². The van der Waals surface area contributed by atoms with E-state index >= 15 is 0 Å². The van der Waals surface area contributed by atoms with Gasteiger partial charge in [-0.25, -0.2) is 4.39 Å². The zero-order valence-electron chi connectivity index (χ0n) is 12.6. The molecule has 0 amide bonds. The minimum absolute atomic E-state index is 0.0932. The van der Waals surface area contributed by atoms with E-state index in [0.29, 0.717) is 23.6 Å². The van der Waals surface area contributed by atoms with Crippen LogP contribution in [0.1, 0.15) is 38.8 Å². The molecule has 0 unspecified atom stereocenters. The number of nitrogens with one attached hydrogen (secondary N) is 1. The molecule has 20 heavy (non-hydrogen) atoms. The summed E-state index contributed by atoms with van der Waals surface area (Å²) in [5.41, 5.74) is 6.52. The van der Waals surface area contributed by atoms with Crippen LogP contribution in [0.25, 0.3) is 0 Å². The molecule has 0 aliphatic rings. The second-order valence-electron chi connectivity index (χ2n) is 6.04. The number of rotatable bonds is 6. The molecule has 0 spiro atoms. The number of halogens is 1. The van der Waals surface area contributed by atoms with Crippen molar-refractivity contribution in [2.45, 2.75) is 34.2 Å². The average Bonchev–Trinajstić information content (AvgIpc) is 2.39. The van der Waals surface area contributed by atoms with Gasteiger partial charge in [-0.1, -0.05) is 45.0 Å². The van der Waals surface area contributed by atoms with Gasteiger partial charge in [0.15, 0.2) is 5.84 Å². The van der Waals surface area contributed by atoms with E-state index in [9.17, 15) is 4.39 Å². The van der Waals surface area contributed by atoms with E-state index in [1.807, 2.05) is 0 Å². The van der Waals surface area contributed by atoms with Gasteiger partial charge >= 0.3 is 0 Å². The molecule has 4 nitrogen and oxygen atoms in total. The molecule has 0 atom stereocenters. The molecule has 0 saturated heterocycles. The Hall–Kier alpha value is -1.62. The van der Waals surface area contributed by atoms with Gasteiger partial charge in [-0.2, -0.15) is 0 Å². The quantitative estimate of drug-likeness (QED) is 0.325. The summed E-state index contributed by atoms with van der Waals surface area (Å²) < 4.78 is 13.9. The predicted octanol–water partition coefficient (Wildman–Crippen LogP) is 2.69. The molecule has 112 valence electrons. The maximum atomic E-state index is 13.9. The van der Waals surface area contributed by atoms with Gasteiger partial charge in [-0.05, 0) is 17.4 Å². The second-order valence-corrected chi connectivity index (χ2v) is 6.04. The molecule has 1 rings (SSSR count). The number of hydrogen-bond acceptors (Lipinski definition) is 3. The van der Waals surface area contributed by atoms with Gasteiger partial charge in [-0.15, -0.1) is 0 Å². The zero-order chi connectivity index (χ0) is 15.3. The normalized spacial score (nSPS) is 13.0. The van der Waals surface area contributed by atoms with Crippen molar-refractivity contribution in [1.82, 2.24) is 5.32 Å². The Morgan fingerprint density at radius 3 is 2.60 bits per heavy atom. The average molecular weight is 281 g/mol. The number of nitrogens with zero attached hydrogens (tertiary/aromatic N) is 1. The molecular formula is C15H24FN3O. The minimum Gasteiger partial charge on any atom is -0.409 e. The molecule has 0 heterocycles. The highest BCUT2D eigenvalue weighted by Crippen LogP contribution is 2.24. The Morgan fingerprint density at radius 2 is 2.10 bits per heavy atom.